The fourth-order valence-electron chi connectivity index (χ4n) is 1.82. The van der Waals surface area contributed by atoms with Gasteiger partial charge in [-0.1, -0.05) is 5.21 Å². The molecule has 1 aromatic carbocycles. The number of aromatic nitrogens is 3. The molecule has 2 rings (SSSR count). The first-order valence-corrected chi connectivity index (χ1v) is 5.43. The number of aryl methyl sites for hydroxylation is 1. The van der Waals surface area contributed by atoms with E-state index in [1.807, 2.05) is 26.2 Å². The normalized spacial score (nSPS) is 10.5. The number of nitrogens with zero attached hydrogens (tertiary/aromatic N) is 3. The van der Waals surface area contributed by atoms with E-state index in [1.165, 1.54) is 0 Å². The Balaban J connectivity index is 2.43. The van der Waals surface area contributed by atoms with Crippen molar-refractivity contribution >= 4 is 0 Å². The molecule has 1 N–H and O–H groups in total. The van der Waals surface area contributed by atoms with Crippen molar-refractivity contribution in [3.63, 3.8) is 0 Å². The summed E-state index contributed by atoms with van der Waals surface area (Å²) in [4.78, 5) is 0. The summed E-state index contributed by atoms with van der Waals surface area (Å²) in [5, 5.41) is 10.9. The summed E-state index contributed by atoms with van der Waals surface area (Å²) in [6, 6.07) is 6.07. The number of methoxy groups -OCH3 is 1. The molecule has 5 heteroatoms. The van der Waals surface area contributed by atoms with Crippen molar-refractivity contribution in [2.24, 2.45) is 7.05 Å². The van der Waals surface area contributed by atoms with E-state index in [0.29, 0.717) is 0 Å². The predicted molar refractivity (Wildman–Crippen MR) is 65.8 cm³/mol. The Morgan fingerprint density at radius 2 is 2.24 bits per heavy atom. The first kappa shape index (κ1) is 11.6. The van der Waals surface area contributed by atoms with Crippen LogP contribution in [0.1, 0.15) is 5.56 Å². The lowest BCUT2D eigenvalue weighted by Crippen LogP contribution is -2.07. The molecule has 17 heavy (non-hydrogen) atoms. The van der Waals surface area contributed by atoms with E-state index in [9.17, 15) is 0 Å². The van der Waals surface area contributed by atoms with Gasteiger partial charge in [0.15, 0.2) is 0 Å². The zero-order valence-electron chi connectivity index (χ0n) is 10.3. The van der Waals surface area contributed by atoms with Gasteiger partial charge < -0.3 is 10.1 Å². The quantitative estimate of drug-likeness (QED) is 0.861. The van der Waals surface area contributed by atoms with Crippen molar-refractivity contribution in [3.8, 4) is 17.0 Å². The minimum absolute atomic E-state index is 0.766. The van der Waals surface area contributed by atoms with Gasteiger partial charge in [0.2, 0.25) is 0 Å². The Hall–Kier alpha value is -1.88. The van der Waals surface area contributed by atoms with Crippen LogP contribution in [-0.4, -0.2) is 29.2 Å². The second-order valence-corrected chi connectivity index (χ2v) is 3.80. The minimum Gasteiger partial charge on any atom is -0.496 e. The molecule has 5 nitrogen and oxygen atoms in total. The molecule has 0 spiro atoms. The maximum Gasteiger partial charge on any atom is 0.123 e. The summed E-state index contributed by atoms with van der Waals surface area (Å²) >= 11 is 0. The SMILES string of the molecule is CNCc1cc(-c2cnnn2C)ccc1OC. The molecule has 0 atom stereocenters. The van der Waals surface area contributed by atoms with Crippen LogP contribution in [0.5, 0.6) is 5.75 Å². The largest absolute Gasteiger partial charge is 0.496 e. The zero-order valence-corrected chi connectivity index (χ0v) is 10.3. The summed E-state index contributed by atoms with van der Waals surface area (Å²) in [5.74, 6) is 0.887. The highest BCUT2D eigenvalue weighted by Crippen LogP contribution is 2.25. The number of hydrogen-bond donors (Lipinski definition) is 1. The van der Waals surface area contributed by atoms with Gasteiger partial charge in [0.05, 0.1) is 19.0 Å². The average Bonchev–Trinajstić information content (AvgIpc) is 2.76. The third-order valence-corrected chi connectivity index (χ3v) is 2.66. The molecule has 0 bridgehead atoms. The molecule has 90 valence electrons. The van der Waals surface area contributed by atoms with Crippen LogP contribution in [0.2, 0.25) is 0 Å². The predicted octanol–water partition coefficient (Wildman–Crippen LogP) is 1.21. The molecule has 0 aliphatic carbocycles. The summed E-state index contributed by atoms with van der Waals surface area (Å²) < 4.78 is 7.08. The Kier molecular flexibility index (Phi) is 3.39. The van der Waals surface area contributed by atoms with Crippen LogP contribution in [-0.2, 0) is 13.6 Å². The Bertz CT molecular complexity index is 507. The lowest BCUT2D eigenvalue weighted by molar-refractivity contribution is 0.408. The van der Waals surface area contributed by atoms with E-state index in [4.69, 9.17) is 4.74 Å². The maximum atomic E-state index is 5.32. The number of rotatable bonds is 4. The summed E-state index contributed by atoms with van der Waals surface area (Å²) in [5.41, 5.74) is 3.20. The molecule has 0 saturated carbocycles. The molecule has 1 heterocycles. The van der Waals surface area contributed by atoms with E-state index in [-0.39, 0.29) is 0 Å². The summed E-state index contributed by atoms with van der Waals surface area (Å²) in [7, 11) is 5.47. The molecule has 0 aliphatic heterocycles. The van der Waals surface area contributed by atoms with E-state index < -0.39 is 0 Å². The fourth-order valence-corrected chi connectivity index (χ4v) is 1.82. The number of nitrogens with one attached hydrogen (secondary N) is 1. The second kappa shape index (κ2) is 4.97. The molecule has 2 aromatic rings. The Morgan fingerprint density at radius 3 is 2.82 bits per heavy atom. The van der Waals surface area contributed by atoms with Crippen LogP contribution in [0.15, 0.2) is 24.4 Å². The van der Waals surface area contributed by atoms with Crippen molar-refractivity contribution < 1.29 is 4.74 Å². The second-order valence-electron chi connectivity index (χ2n) is 3.80. The van der Waals surface area contributed by atoms with Gasteiger partial charge in [-0.15, -0.1) is 5.10 Å². The van der Waals surface area contributed by atoms with Gasteiger partial charge >= 0.3 is 0 Å². The van der Waals surface area contributed by atoms with Crippen molar-refractivity contribution in [1.82, 2.24) is 20.3 Å². The van der Waals surface area contributed by atoms with E-state index in [2.05, 4.69) is 21.7 Å². The third-order valence-electron chi connectivity index (χ3n) is 2.66. The van der Waals surface area contributed by atoms with Crippen molar-refractivity contribution in [1.29, 1.82) is 0 Å². The van der Waals surface area contributed by atoms with E-state index >= 15 is 0 Å². The van der Waals surface area contributed by atoms with E-state index in [1.54, 1.807) is 18.0 Å². The highest BCUT2D eigenvalue weighted by atomic mass is 16.5. The Morgan fingerprint density at radius 1 is 1.41 bits per heavy atom. The fraction of sp³-hybridized carbons (Fsp3) is 0.333. The third kappa shape index (κ3) is 2.29. The van der Waals surface area contributed by atoms with Crippen LogP contribution in [0, 0.1) is 0 Å². The standard InChI is InChI=1S/C12H16N4O/c1-13-7-10-6-9(4-5-12(10)17-3)11-8-14-15-16(11)2/h4-6,8,13H,7H2,1-3H3. The van der Waals surface area contributed by atoms with Crippen LogP contribution < -0.4 is 10.1 Å². The molecule has 1 aromatic heterocycles. The highest BCUT2D eigenvalue weighted by Gasteiger charge is 2.08. The molecule has 0 radical (unpaired) electrons. The summed E-state index contributed by atoms with van der Waals surface area (Å²) in [6.07, 6.45) is 1.75. The van der Waals surface area contributed by atoms with Gasteiger partial charge in [0.25, 0.3) is 0 Å². The van der Waals surface area contributed by atoms with Crippen LogP contribution in [0.3, 0.4) is 0 Å². The molecule has 0 fully saturated rings. The van der Waals surface area contributed by atoms with Crippen molar-refractivity contribution in [3.05, 3.63) is 30.0 Å². The molecule has 0 aliphatic rings. The van der Waals surface area contributed by atoms with E-state index in [0.717, 1.165) is 29.1 Å². The number of benzene rings is 1. The molecule has 0 amide bonds. The average molecular weight is 232 g/mol. The first-order chi connectivity index (χ1) is 8.26. The highest BCUT2D eigenvalue weighted by molar-refractivity contribution is 5.61. The lowest BCUT2D eigenvalue weighted by Gasteiger charge is -2.10. The Labute approximate surface area is 100 Å². The number of ether oxygens (including phenoxy) is 1. The van der Waals surface area contributed by atoms with Crippen molar-refractivity contribution in [2.75, 3.05) is 14.2 Å². The molecular formula is C12H16N4O. The first-order valence-electron chi connectivity index (χ1n) is 5.43. The zero-order chi connectivity index (χ0) is 12.3. The minimum atomic E-state index is 0.766. The number of hydrogen-bond acceptors (Lipinski definition) is 4. The smallest absolute Gasteiger partial charge is 0.123 e. The summed E-state index contributed by atoms with van der Waals surface area (Å²) in [6.45, 7) is 0.766. The topological polar surface area (TPSA) is 52.0 Å². The van der Waals surface area contributed by atoms with Gasteiger partial charge in [0.1, 0.15) is 5.75 Å². The molecule has 0 unspecified atom stereocenters. The van der Waals surface area contributed by atoms with Crippen LogP contribution >= 0.6 is 0 Å². The van der Waals surface area contributed by atoms with Crippen LogP contribution in [0.25, 0.3) is 11.3 Å². The van der Waals surface area contributed by atoms with Gasteiger partial charge in [-0.3, -0.25) is 0 Å². The molecule has 0 saturated heterocycles. The van der Waals surface area contributed by atoms with Gasteiger partial charge in [0, 0.05) is 24.7 Å². The maximum absolute atomic E-state index is 5.32. The van der Waals surface area contributed by atoms with Crippen LogP contribution in [0.4, 0.5) is 0 Å². The van der Waals surface area contributed by atoms with Crippen molar-refractivity contribution in [2.45, 2.75) is 6.54 Å². The lowest BCUT2D eigenvalue weighted by atomic mass is 10.1. The van der Waals surface area contributed by atoms with Gasteiger partial charge in [-0.2, -0.15) is 0 Å². The van der Waals surface area contributed by atoms with Gasteiger partial charge in [-0.25, -0.2) is 4.68 Å². The molecular weight excluding hydrogens is 216 g/mol. The van der Waals surface area contributed by atoms with Gasteiger partial charge in [-0.05, 0) is 25.2 Å². The monoisotopic (exact) mass is 232 g/mol.